The van der Waals surface area contributed by atoms with E-state index in [1.165, 1.54) is 12.1 Å². The lowest BCUT2D eigenvalue weighted by Gasteiger charge is -2.29. The van der Waals surface area contributed by atoms with Gasteiger partial charge in [0.05, 0.1) is 17.5 Å². The molecular weight excluding hydrogens is 542 g/mol. The van der Waals surface area contributed by atoms with E-state index in [4.69, 9.17) is 24.4 Å². The Hall–Kier alpha value is -2.68. The molecule has 2 amide bonds. The molecule has 4 heterocycles. The number of nitrogens with zero attached hydrogens (tertiary/aromatic N) is 2. The van der Waals surface area contributed by atoms with Crippen LogP contribution >= 0.6 is 18.8 Å². The van der Waals surface area contributed by atoms with Crippen molar-refractivity contribution in [2.45, 2.75) is 37.9 Å². The summed E-state index contributed by atoms with van der Waals surface area (Å²) in [5.41, 5.74) is 1.21. The molecule has 2 unspecified atom stereocenters. The molecule has 2 aromatic carbocycles. The van der Waals surface area contributed by atoms with E-state index in [0.717, 1.165) is 57.6 Å². The molecule has 2 atom stereocenters. The fourth-order valence-corrected chi connectivity index (χ4v) is 4.87. The maximum Gasteiger partial charge on any atom is 0.262 e. The zero-order valence-corrected chi connectivity index (χ0v) is 24.0. The normalized spacial score (nSPS) is 19.8. The number of anilines is 2. The molecule has 4 N–H and O–H groups in total. The van der Waals surface area contributed by atoms with Gasteiger partial charge >= 0.3 is 0 Å². The van der Waals surface area contributed by atoms with Gasteiger partial charge in [0.2, 0.25) is 0 Å². The van der Waals surface area contributed by atoms with E-state index < -0.39 is 0 Å². The number of carbonyl (C=O) groups is 2. The average molecular weight is 579 g/mol. The first-order valence-electron chi connectivity index (χ1n) is 12.9. The van der Waals surface area contributed by atoms with Crippen molar-refractivity contribution in [1.82, 2.24) is 9.34 Å². The van der Waals surface area contributed by atoms with Crippen LogP contribution in [0.15, 0.2) is 36.4 Å². The Kier molecular flexibility index (Phi) is 10.6. The number of nitrogens with one attached hydrogen (secondary N) is 2. The summed E-state index contributed by atoms with van der Waals surface area (Å²) in [7, 11) is 5.37. The Morgan fingerprint density at radius 1 is 0.795 bits per heavy atom. The fourth-order valence-electron chi connectivity index (χ4n) is 4.28. The molecule has 0 aromatic heterocycles. The molecule has 13 heteroatoms. The number of rotatable bonds is 2. The Bertz CT molecular complexity index is 1130. The van der Waals surface area contributed by atoms with Crippen LogP contribution in [0.2, 0.25) is 0 Å². The van der Waals surface area contributed by atoms with Crippen LogP contribution in [0, 0.1) is 0 Å². The van der Waals surface area contributed by atoms with Gasteiger partial charge in [-0.15, -0.1) is 0 Å². The van der Waals surface area contributed by atoms with E-state index in [9.17, 15) is 9.59 Å². The smallest absolute Gasteiger partial charge is 0.262 e. The molecule has 2 aromatic rings. The van der Waals surface area contributed by atoms with E-state index in [0.29, 0.717) is 22.9 Å². The summed E-state index contributed by atoms with van der Waals surface area (Å²) >= 11 is 0. The molecule has 39 heavy (non-hydrogen) atoms. The standard InChI is InChI=1S/C13H17N2O3P.C8H7NO3.C5H12NOP/c16-13-8-17-12-2-1-10(7-11(12)14-13)18-9-3-5-15(19)6-4-9;10-5-1-2-7-6(3-5)9-8(11)4-12-7;7-5-1-3-6(8)4-2-5/h1-2,7,9H,3-6,8,19H2,(H,14,16);1-3,10H,4H2,(H,9,11);5,7H,1-4,8H2. The largest absolute Gasteiger partial charge is 0.508 e. The average Bonchev–Trinajstić information content (AvgIpc) is 2.92. The molecular formula is C26H36N4O7P2. The van der Waals surface area contributed by atoms with Crippen molar-refractivity contribution in [3.05, 3.63) is 36.4 Å². The van der Waals surface area contributed by atoms with Gasteiger partial charge in [-0.2, -0.15) is 0 Å². The molecule has 2 fully saturated rings. The summed E-state index contributed by atoms with van der Waals surface area (Å²) in [5, 5.41) is 23.4. The number of piperidine rings is 2. The zero-order chi connectivity index (χ0) is 27.8. The number of aliphatic hydroxyl groups excluding tert-OH is 1. The minimum Gasteiger partial charge on any atom is -0.508 e. The van der Waals surface area contributed by atoms with E-state index in [1.54, 1.807) is 6.07 Å². The van der Waals surface area contributed by atoms with Gasteiger partial charge in [0.15, 0.2) is 13.2 Å². The maximum atomic E-state index is 11.3. The number of hydrogen-bond donors (Lipinski definition) is 4. The number of carbonyl (C=O) groups excluding carboxylic acids is 2. The van der Waals surface area contributed by atoms with Gasteiger partial charge in [-0.25, -0.2) is 0 Å². The van der Waals surface area contributed by atoms with Gasteiger partial charge in [-0.3, -0.25) is 18.9 Å². The SMILES string of the molecule is O=C1COc2ccc(O)cc2N1.O=C1COc2ccc(OC3CCN(P)CC3)cc2N1.OC1CCN(P)CC1. The molecule has 0 saturated carbocycles. The summed E-state index contributed by atoms with van der Waals surface area (Å²) < 4.78 is 20.7. The van der Waals surface area contributed by atoms with Crippen LogP contribution in [0.1, 0.15) is 25.7 Å². The first-order chi connectivity index (χ1) is 18.7. The summed E-state index contributed by atoms with van der Waals surface area (Å²) in [5.74, 6) is 1.86. The minimum atomic E-state index is -0.201. The number of aliphatic hydroxyl groups is 1. The highest BCUT2D eigenvalue weighted by atomic mass is 31.0. The molecule has 4 aliphatic heterocycles. The third-order valence-electron chi connectivity index (χ3n) is 6.46. The van der Waals surface area contributed by atoms with Crippen LogP contribution in [0.3, 0.4) is 0 Å². The van der Waals surface area contributed by atoms with Gasteiger partial charge in [0, 0.05) is 38.3 Å². The molecule has 0 spiro atoms. The first kappa shape index (κ1) is 29.3. The van der Waals surface area contributed by atoms with E-state index in [-0.39, 0.29) is 43.0 Å². The van der Waals surface area contributed by atoms with Crippen LogP contribution in [0.5, 0.6) is 23.0 Å². The highest BCUT2D eigenvalue weighted by Crippen LogP contribution is 2.33. The predicted molar refractivity (Wildman–Crippen MR) is 154 cm³/mol. The molecule has 4 aliphatic rings. The number of phenolic OH excluding ortho intramolecular Hbond substituents is 1. The quantitative estimate of drug-likeness (QED) is 0.397. The first-order valence-corrected chi connectivity index (χ1v) is 13.9. The van der Waals surface area contributed by atoms with Crippen molar-refractivity contribution in [2.24, 2.45) is 0 Å². The second-order valence-corrected chi connectivity index (χ2v) is 11.1. The van der Waals surface area contributed by atoms with Crippen LogP contribution in [-0.4, -0.2) is 83.0 Å². The highest BCUT2D eigenvalue weighted by Gasteiger charge is 2.21. The lowest BCUT2D eigenvalue weighted by atomic mass is 10.1. The van der Waals surface area contributed by atoms with E-state index in [2.05, 4.69) is 38.8 Å². The van der Waals surface area contributed by atoms with Crippen molar-refractivity contribution in [3.63, 3.8) is 0 Å². The van der Waals surface area contributed by atoms with Crippen LogP contribution in [0.4, 0.5) is 11.4 Å². The molecule has 0 radical (unpaired) electrons. The zero-order valence-electron chi connectivity index (χ0n) is 21.7. The van der Waals surface area contributed by atoms with E-state index >= 15 is 0 Å². The van der Waals surface area contributed by atoms with Crippen LogP contribution in [-0.2, 0) is 9.59 Å². The molecule has 0 bridgehead atoms. The van der Waals surface area contributed by atoms with Crippen molar-refractivity contribution < 1.29 is 34.0 Å². The maximum absolute atomic E-state index is 11.3. The number of phenols is 1. The Balaban J connectivity index is 0.000000150. The van der Waals surface area contributed by atoms with Gasteiger partial charge in [-0.1, -0.05) is 18.8 Å². The summed E-state index contributed by atoms with van der Waals surface area (Å²) in [6, 6.07) is 10.1. The number of aromatic hydroxyl groups is 1. The second kappa shape index (κ2) is 14.1. The number of benzene rings is 2. The Morgan fingerprint density at radius 3 is 1.87 bits per heavy atom. The molecule has 6 rings (SSSR count). The number of fused-ring (bicyclic) bond motifs is 2. The highest BCUT2D eigenvalue weighted by molar-refractivity contribution is 7.13. The third-order valence-corrected chi connectivity index (χ3v) is 7.49. The van der Waals surface area contributed by atoms with E-state index in [1.807, 2.05) is 18.2 Å². The monoisotopic (exact) mass is 578 g/mol. The van der Waals surface area contributed by atoms with Gasteiger partial charge in [-0.05, 0) is 49.9 Å². The molecule has 11 nitrogen and oxygen atoms in total. The van der Waals surface area contributed by atoms with Crippen molar-refractivity contribution in [2.75, 3.05) is 50.0 Å². The van der Waals surface area contributed by atoms with Crippen molar-refractivity contribution in [1.29, 1.82) is 0 Å². The minimum absolute atomic E-state index is 0.0354. The number of amides is 2. The van der Waals surface area contributed by atoms with Gasteiger partial charge in [0.1, 0.15) is 29.1 Å². The van der Waals surface area contributed by atoms with Crippen molar-refractivity contribution >= 4 is 42.0 Å². The second-order valence-electron chi connectivity index (χ2n) is 9.63. The lowest BCUT2D eigenvalue weighted by Crippen LogP contribution is -2.32. The molecule has 212 valence electrons. The Morgan fingerprint density at radius 2 is 1.31 bits per heavy atom. The third kappa shape index (κ3) is 9.19. The van der Waals surface area contributed by atoms with Gasteiger partial charge < -0.3 is 35.1 Å². The van der Waals surface area contributed by atoms with Crippen LogP contribution < -0.4 is 24.8 Å². The summed E-state index contributed by atoms with van der Waals surface area (Å²) in [4.78, 5) is 22.1. The Labute approximate surface area is 232 Å². The summed E-state index contributed by atoms with van der Waals surface area (Å²) in [6.07, 6.45) is 4.11. The van der Waals surface area contributed by atoms with Crippen molar-refractivity contribution in [3.8, 4) is 23.0 Å². The summed E-state index contributed by atoms with van der Waals surface area (Å²) in [6.45, 7) is 4.22. The number of hydrogen-bond acceptors (Lipinski definition) is 9. The lowest BCUT2D eigenvalue weighted by molar-refractivity contribution is -0.119. The fraction of sp³-hybridized carbons (Fsp3) is 0.462. The topological polar surface area (TPSA) is 133 Å². The number of ether oxygens (including phenoxy) is 3. The molecule has 0 aliphatic carbocycles. The van der Waals surface area contributed by atoms with Crippen LogP contribution in [0.25, 0.3) is 0 Å². The predicted octanol–water partition coefficient (Wildman–Crippen LogP) is 2.61. The molecule has 2 saturated heterocycles. The van der Waals surface area contributed by atoms with Gasteiger partial charge in [0.25, 0.3) is 11.8 Å².